The molecular formula is C9H6Cl3NO. The maximum atomic E-state index is 11.3. The second-order valence-electron chi connectivity index (χ2n) is 2.47. The van der Waals surface area contributed by atoms with Gasteiger partial charge in [-0.2, -0.15) is 0 Å². The number of carbonyl (C=O) groups excluding carboxylic acids is 1. The van der Waals surface area contributed by atoms with Crippen molar-refractivity contribution in [3.8, 4) is 0 Å². The molecule has 0 aliphatic carbocycles. The van der Waals surface area contributed by atoms with Crippen molar-refractivity contribution in [1.29, 1.82) is 0 Å². The molecule has 0 fully saturated rings. The quantitative estimate of drug-likeness (QED) is 0.556. The topological polar surface area (TPSA) is 29.4 Å². The van der Waals surface area contributed by atoms with E-state index in [1.165, 1.54) is 0 Å². The van der Waals surface area contributed by atoms with E-state index in [1.54, 1.807) is 30.3 Å². The van der Waals surface area contributed by atoms with Gasteiger partial charge in [0.05, 0.1) is 6.21 Å². The molecule has 0 N–H and O–H groups in total. The summed E-state index contributed by atoms with van der Waals surface area (Å²) in [6.45, 7) is 0. The van der Waals surface area contributed by atoms with Crippen LogP contribution >= 0.6 is 34.8 Å². The number of alkyl halides is 3. The van der Waals surface area contributed by atoms with E-state index >= 15 is 0 Å². The van der Waals surface area contributed by atoms with Crippen molar-refractivity contribution in [2.75, 3.05) is 0 Å². The molecule has 0 unspecified atom stereocenters. The van der Waals surface area contributed by atoms with E-state index < -0.39 is 9.70 Å². The summed E-state index contributed by atoms with van der Waals surface area (Å²) in [6.07, 6.45) is 0.979. The van der Waals surface area contributed by atoms with Gasteiger partial charge in [-0.25, -0.2) is 4.99 Å². The van der Waals surface area contributed by atoms with E-state index in [2.05, 4.69) is 4.99 Å². The Kier molecular flexibility index (Phi) is 3.93. The van der Waals surface area contributed by atoms with Gasteiger partial charge in [-0.15, -0.1) is 0 Å². The van der Waals surface area contributed by atoms with E-state index in [1.807, 2.05) is 0 Å². The number of rotatable bonds is 1. The highest BCUT2D eigenvalue weighted by Crippen LogP contribution is 2.23. The molecule has 1 aromatic carbocycles. The fourth-order valence-corrected chi connectivity index (χ4v) is 0.933. The molecule has 0 heterocycles. The second-order valence-corrected chi connectivity index (χ2v) is 4.84. The number of hydrogen-bond acceptors (Lipinski definition) is 1. The van der Waals surface area contributed by atoms with Crippen molar-refractivity contribution in [2.45, 2.75) is 3.79 Å². The molecule has 5 heteroatoms. The lowest BCUT2D eigenvalue weighted by molar-refractivity contribution is 0.100. The van der Waals surface area contributed by atoms with Crippen LogP contribution in [0.2, 0.25) is 0 Å². The van der Waals surface area contributed by atoms with E-state index in [9.17, 15) is 4.79 Å². The van der Waals surface area contributed by atoms with Gasteiger partial charge in [0, 0.05) is 5.56 Å². The van der Waals surface area contributed by atoms with Crippen molar-refractivity contribution in [3.05, 3.63) is 35.9 Å². The molecule has 0 aliphatic rings. The minimum absolute atomic E-state index is 0.433. The smallest absolute Gasteiger partial charge is 0.267 e. The van der Waals surface area contributed by atoms with Gasteiger partial charge in [-0.05, 0) is 12.1 Å². The van der Waals surface area contributed by atoms with Gasteiger partial charge in [-0.1, -0.05) is 53.0 Å². The first-order valence-electron chi connectivity index (χ1n) is 3.70. The Morgan fingerprint density at radius 3 is 2.29 bits per heavy atom. The van der Waals surface area contributed by atoms with Crippen molar-refractivity contribution in [1.82, 2.24) is 0 Å². The molecule has 0 spiro atoms. The highest BCUT2D eigenvalue weighted by atomic mass is 35.6. The van der Waals surface area contributed by atoms with Gasteiger partial charge in [0.25, 0.3) is 5.91 Å². The lowest BCUT2D eigenvalue weighted by Gasteiger charge is -2.00. The van der Waals surface area contributed by atoms with Crippen molar-refractivity contribution in [3.63, 3.8) is 0 Å². The molecule has 0 radical (unpaired) electrons. The SMILES string of the molecule is O=C(N=CC(Cl)(Cl)Cl)c1ccccc1. The first-order valence-corrected chi connectivity index (χ1v) is 4.84. The highest BCUT2D eigenvalue weighted by Gasteiger charge is 2.16. The molecule has 1 amide bonds. The summed E-state index contributed by atoms with van der Waals surface area (Å²) in [5.41, 5.74) is 0.456. The van der Waals surface area contributed by atoms with Crippen LogP contribution in [0.4, 0.5) is 0 Å². The summed E-state index contributed by atoms with van der Waals surface area (Å²) in [6, 6.07) is 8.54. The van der Waals surface area contributed by atoms with Crippen molar-refractivity contribution < 1.29 is 4.79 Å². The molecule has 0 aromatic heterocycles. The number of benzene rings is 1. The third-order valence-electron chi connectivity index (χ3n) is 1.35. The first-order chi connectivity index (χ1) is 6.49. The third kappa shape index (κ3) is 4.09. The predicted octanol–water partition coefficient (Wildman–Crippen LogP) is 3.27. The molecule has 2 nitrogen and oxygen atoms in total. The normalized spacial score (nSPS) is 11.9. The predicted molar refractivity (Wildman–Crippen MR) is 59.6 cm³/mol. The van der Waals surface area contributed by atoms with Crippen LogP contribution in [0.1, 0.15) is 10.4 Å². The molecule has 0 atom stereocenters. The van der Waals surface area contributed by atoms with Gasteiger partial charge in [0.2, 0.25) is 3.79 Å². The Morgan fingerprint density at radius 2 is 1.79 bits per heavy atom. The molecule has 0 saturated carbocycles. The number of hydrogen-bond donors (Lipinski definition) is 0. The van der Waals surface area contributed by atoms with Gasteiger partial charge in [0.15, 0.2) is 0 Å². The fourth-order valence-electron chi connectivity index (χ4n) is 0.787. The number of amides is 1. The summed E-state index contributed by atoms with van der Waals surface area (Å²) in [7, 11) is 0. The zero-order chi connectivity index (χ0) is 10.6. The Bertz CT molecular complexity index is 343. The van der Waals surface area contributed by atoms with Crippen LogP contribution in [0.25, 0.3) is 0 Å². The molecule has 74 valence electrons. The van der Waals surface area contributed by atoms with Crippen molar-refractivity contribution in [2.24, 2.45) is 4.99 Å². The minimum Gasteiger partial charge on any atom is -0.267 e. The largest absolute Gasteiger partial charge is 0.276 e. The summed E-state index contributed by atoms with van der Waals surface area (Å²) in [5.74, 6) is -0.433. The van der Waals surface area contributed by atoms with Crippen LogP contribution in [0.5, 0.6) is 0 Å². The Labute approximate surface area is 96.5 Å². The van der Waals surface area contributed by atoms with Gasteiger partial charge >= 0.3 is 0 Å². The summed E-state index contributed by atoms with van der Waals surface area (Å²) in [4.78, 5) is 14.8. The van der Waals surface area contributed by atoms with Crippen LogP contribution in [0, 0.1) is 0 Å². The lowest BCUT2D eigenvalue weighted by atomic mass is 10.2. The van der Waals surface area contributed by atoms with Crippen LogP contribution in [0.15, 0.2) is 35.3 Å². The summed E-state index contributed by atoms with van der Waals surface area (Å²) in [5, 5.41) is 0. The number of nitrogens with zero attached hydrogens (tertiary/aromatic N) is 1. The Hall–Kier alpha value is -0.570. The van der Waals surface area contributed by atoms with Gasteiger partial charge < -0.3 is 0 Å². The first kappa shape index (κ1) is 11.5. The average Bonchev–Trinajstić information content (AvgIpc) is 2.14. The zero-order valence-electron chi connectivity index (χ0n) is 6.95. The van der Waals surface area contributed by atoms with E-state index in [-0.39, 0.29) is 0 Å². The highest BCUT2D eigenvalue weighted by molar-refractivity contribution is 6.74. The molecular weight excluding hydrogens is 244 g/mol. The molecule has 1 aromatic rings. The van der Waals surface area contributed by atoms with Gasteiger partial charge in [-0.3, -0.25) is 4.79 Å². The maximum absolute atomic E-state index is 11.3. The van der Waals surface area contributed by atoms with E-state index in [0.29, 0.717) is 5.56 Å². The van der Waals surface area contributed by atoms with Crippen LogP contribution in [-0.4, -0.2) is 15.9 Å². The molecule has 0 saturated heterocycles. The molecule has 0 aliphatic heterocycles. The minimum atomic E-state index is -1.63. The standard InChI is InChI=1S/C9H6Cl3NO/c10-9(11,12)6-13-8(14)7-4-2-1-3-5-7/h1-6H. The monoisotopic (exact) mass is 249 g/mol. The van der Waals surface area contributed by atoms with Gasteiger partial charge in [0.1, 0.15) is 0 Å². The van der Waals surface area contributed by atoms with E-state index in [0.717, 1.165) is 6.21 Å². The Morgan fingerprint density at radius 1 is 1.21 bits per heavy atom. The lowest BCUT2D eigenvalue weighted by Crippen LogP contribution is -2.06. The number of carbonyl (C=O) groups is 1. The summed E-state index contributed by atoms with van der Waals surface area (Å²) < 4.78 is -1.63. The second kappa shape index (κ2) is 4.78. The number of aliphatic imine (C=N–C) groups is 1. The van der Waals surface area contributed by atoms with Crippen molar-refractivity contribution >= 4 is 46.9 Å². The third-order valence-corrected chi connectivity index (χ3v) is 1.64. The average molecular weight is 251 g/mol. The van der Waals surface area contributed by atoms with Crippen LogP contribution in [-0.2, 0) is 0 Å². The maximum Gasteiger partial charge on any atom is 0.276 e. The molecule has 1 rings (SSSR count). The number of halogens is 3. The summed E-state index contributed by atoms with van der Waals surface area (Å²) >= 11 is 16.2. The van der Waals surface area contributed by atoms with Crippen LogP contribution in [0.3, 0.4) is 0 Å². The molecule has 0 bridgehead atoms. The Balaban J connectivity index is 2.74. The molecule has 14 heavy (non-hydrogen) atoms. The van der Waals surface area contributed by atoms with E-state index in [4.69, 9.17) is 34.8 Å². The van der Waals surface area contributed by atoms with Crippen LogP contribution < -0.4 is 0 Å². The fraction of sp³-hybridized carbons (Fsp3) is 0.111. The zero-order valence-corrected chi connectivity index (χ0v) is 9.22.